The highest BCUT2D eigenvalue weighted by molar-refractivity contribution is 6.34. The number of carbonyl (C=O) groups excluding carboxylic acids is 1. The minimum atomic E-state index is -0.120. The third-order valence-corrected chi connectivity index (χ3v) is 3.36. The van der Waals surface area contributed by atoms with Crippen LogP contribution in [0.15, 0.2) is 18.2 Å². The van der Waals surface area contributed by atoms with E-state index in [1.54, 1.807) is 18.2 Å². The lowest BCUT2D eigenvalue weighted by atomic mass is 10.2. The zero-order valence-electron chi connectivity index (χ0n) is 10.1. The zero-order chi connectivity index (χ0) is 13.1. The number of nitrogens with one attached hydrogen (secondary N) is 1. The van der Waals surface area contributed by atoms with Gasteiger partial charge in [-0.15, -0.1) is 0 Å². The third kappa shape index (κ3) is 4.07. The molecule has 1 atom stereocenters. The lowest BCUT2D eigenvalue weighted by molar-refractivity contribution is -0.123. The van der Waals surface area contributed by atoms with Crippen LogP contribution in [0, 0.1) is 5.92 Å². The molecule has 1 fully saturated rings. The van der Waals surface area contributed by atoms with E-state index in [1.807, 2.05) is 6.92 Å². The van der Waals surface area contributed by atoms with Gasteiger partial charge in [0.15, 0.2) is 6.61 Å². The van der Waals surface area contributed by atoms with Gasteiger partial charge in [0.2, 0.25) is 0 Å². The average molecular weight is 288 g/mol. The van der Waals surface area contributed by atoms with Crippen molar-refractivity contribution in [3.05, 3.63) is 28.2 Å². The topological polar surface area (TPSA) is 38.3 Å². The van der Waals surface area contributed by atoms with Crippen molar-refractivity contribution >= 4 is 29.1 Å². The van der Waals surface area contributed by atoms with E-state index in [4.69, 9.17) is 27.9 Å². The molecule has 18 heavy (non-hydrogen) atoms. The van der Waals surface area contributed by atoms with Crippen LogP contribution < -0.4 is 10.1 Å². The van der Waals surface area contributed by atoms with Crippen LogP contribution in [-0.4, -0.2) is 18.6 Å². The van der Waals surface area contributed by atoms with Gasteiger partial charge in [-0.25, -0.2) is 0 Å². The maximum absolute atomic E-state index is 11.6. The lowest BCUT2D eigenvalue weighted by Gasteiger charge is -2.13. The first kappa shape index (κ1) is 13.5. The van der Waals surface area contributed by atoms with Crippen molar-refractivity contribution in [2.24, 2.45) is 5.92 Å². The maximum Gasteiger partial charge on any atom is 0.258 e. The molecule has 1 N–H and O–H groups in total. The van der Waals surface area contributed by atoms with Crippen molar-refractivity contribution in [3.63, 3.8) is 0 Å². The van der Waals surface area contributed by atoms with Crippen molar-refractivity contribution in [3.8, 4) is 5.75 Å². The van der Waals surface area contributed by atoms with Crippen LogP contribution in [0.3, 0.4) is 0 Å². The summed E-state index contributed by atoms with van der Waals surface area (Å²) in [6, 6.07) is 5.10. The van der Waals surface area contributed by atoms with Crippen molar-refractivity contribution in [1.82, 2.24) is 5.32 Å². The molecule has 1 unspecified atom stereocenters. The molecule has 1 aliphatic carbocycles. The number of halogens is 2. The third-order valence-electron chi connectivity index (χ3n) is 2.92. The summed E-state index contributed by atoms with van der Waals surface area (Å²) in [5.41, 5.74) is 0. The highest BCUT2D eigenvalue weighted by Gasteiger charge is 2.28. The molecule has 0 bridgehead atoms. The fraction of sp³-hybridized carbons (Fsp3) is 0.462. The van der Waals surface area contributed by atoms with Gasteiger partial charge in [-0.2, -0.15) is 0 Å². The van der Waals surface area contributed by atoms with Gasteiger partial charge >= 0.3 is 0 Å². The maximum atomic E-state index is 11.6. The van der Waals surface area contributed by atoms with Crippen LogP contribution in [0.5, 0.6) is 5.75 Å². The molecular weight excluding hydrogens is 273 g/mol. The Bertz CT molecular complexity index is 426. The first-order chi connectivity index (χ1) is 8.54. The minimum Gasteiger partial charge on any atom is -0.484 e. The molecule has 0 aliphatic heterocycles. The molecule has 3 nitrogen and oxygen atoms in total. The predicted molar refractivity (Wildman–Crippen MR) is 72.3 cm³/mol. The Kier molecular flexibility index (Phi) is 4.36. The van der Waals surface area contributed by atoms with Gasteiger partial charge in [0.05, 0.1) is 0 Å². The molecule has 1 aliphatic rings. The van der Waals surface area contributed by atoms with E-state index in [0.29, 0.717) is 21.7 Å². The fourth-order valence-electron chi connectivity index (χ4n) is 1.77. The molecule has 5 heteroatoms. The van der Waals surface area contributed by atoms with Crippen molar-refractivity contribution in [2.75, 3.05) is 6.61 Å². The van der Waals surface area contributed by atoms with E-state index < -0.39 is 0 Å². The number of amides is 1. The van der Waals surface area contributed by atoms with E-state index in [2.05, 4.69) is 5.32 Å². The number of rotatable bonds is 5. The number of hydrogen-bond donors (Lipinski definition) is 1. The van der Waals surface area contributed by atoms with E-state index in [9.17, 15) is 4.79 Å². The minimum absolute atomic E-state index is 0.0201. The normalized spacial score (nSPS) is 16.2. The van der Waals surface area contributed by atoms with Crippen LogP contribution in [0.25, 0.3) is 0 Å². The van der Waals surface area contributed by atoms with Crippen LogP contribution >= 0.6 is 23.2 Å². The highest BCUT2D eigenvalue weighted by atomic mass is 35.5. The molecule has 0 heterocycles. The Hall–Kier alpha value is -0.930. The summed E-state index contributed by atoms with van der Waals surface area (Å²) in [5.74, 6) is 1.02. The predicted octanol–water partition coefficient (Wildman–Crippen LogP) is 3.29. The second-order valence-corrected chi connectivity index (χ2v) is 5.46. The van der Waals surface area contributed by atoms with E-state index in [1.165, 1.54) is 12.8 Å². The van der Waals surface area contributed by atoms with Gasteiger partial charge in [-0.05, 0) is 43.9 Å². The summed E-state index contributed by atoms with van der Waals surface area (Å²) < 4.78 is 5.35. The van der Waals surface area contributed by atoms with Gasteiger partial charge < -0.3 is 10.1 Å². The van der Waals surface area contributed by atoms with Gasteiger partial charge in [0, 0.05) is 16.1 Å². The standard InChI is InChI=1S/C13H15Cl2NO2/c1-8(9-2-3-9)16-13(17)7-18-12-5-10(14)4-11(15)6-12/h4-6,8-9H,2-3,7H2,1H3,(H,16,17). The van der Waals surface area contributed by atoms with Gasteiger partial charge in [-0.3, -0.25) is 4.79 Å². The molecule has 0 spiro atoms. The molecule has 1 aromatic carbocycles. The summed E-state index contributed by atoms with van der Waals surface area (Å²) in [4.78, 5) is 11.6. The quantitative estimate of drug-likeness (QED) is 0.903. The highest BCUT2D eigenvalue weighted by Crippen LogP contribution is 2.32. The summed E-state index contributed by atoms with van der Waals surface area (Å²) in [6.07, 6.45) is 2.40. The molecular formula is C13H15Cl2NO2. The second kappa shape index (κ2) is 5.81. The van der Waals surface area contributed by atoms with Crippen molar-refractivity contribution in [1.29, 1.82) is 0 Å². The zero-order valence-corrected chi connectivity index (χ0v) is 11.6. The lowest BCUT2D eigenvalue weighted by Crippen LogP contribution is -2.37. The van der Waals surface area contributed by atoms with Crippen LogP contribution in [0.1, 0.15) is 19.8 Å². The van der Waals surface area contributed by atoms with Crippen molar-refractivity contribution < 1.29 is 9.53 Å². The monoisotopic (exact) mass is 287 g/mol. The Morgan fingerprint density at radius 1 is 1.39 bits per heavy atom. The molecule has 0 saturated heterocycles. The molecule has 1 saturated carbocycles. The Morgan fingerprint density at radius 2 is 2.00 bits per heavy atom. The molecule has 1 amide bonds. The number of ether oxygens (including phenoxy) is 1. The van der Waals surface area contributed by atoms with E-state index in [-0.39, 0.29) is 18.6 Å². The Labute approximate surface area is 116 Å². The van der Waals surface area contributed by atoms with Gasteiger partial charge in [0.25, 0.3) is 5.91 Å². The molecule has 2 rings (SSSR count). The van der Waals surface area contributed by atoms with Crippen LogP contribution in [0.4, 0.5) is 0 Å². The van der Waals surface area contributed by atoms with Crippen LogP contribution in [0.2, 0.25) is 10.0 Å². The first-order valence-electron chi connectivity index (χ1n) is 5.93. The number of hydrogen-bond acceptors (Lipinski definition) is 2. The largest absolute Gasteiger partial charge is 0.484 e. The molecule has 98 valence electrons. The molecule has 1 aromatic rings. The average Bonchev–Trinajstić information content (AvgIpc) is 3.08. The van der Waals surface area contributed by atoms with Crippen LogP contribution in [-0.2, 0) is 4.79 Å². The van der Waals surface area contributed by atoms with Gasteiger partial charge in [-0.1, -0.05) is 23.2 Å². The molecule has 0 aromatic heterocycles. The van der Waals surface area contributed by atoms with E-state index in [0.717, 1.165) is 0 Å². The SMILES string of the molecule is CC(NC(=O)COc1cc(Cl)cc(Cl)c1)C1CC1. The van der Waals surface area contributed by atoms with Crippen molar-refractivity contribution in [2.45, 2.75) is 25.8 Å². The van der Waals surface area contributed by atoms with Gasteiger partial charge in [0.1, 0.15) is 5.75 Å². The second-order valence-electron chi connectivity index (χ2n) is 4.59. The Balaban J connectivity index is 1.81. The van der Waals surface area contributed by atoms with E-state index >= 15 is 0 Å². The number of benzene rings is 1. The molecule has 0 radical (unpaired) electrons. The summed E-state index contributed by atoms with van der Waals surface area (Å²) >= 11 is 11.7. The summed E-state index contributed by atoms with van der Waals surface area (Å²) in [7, 11) is 0. The fourth-order valence-corrected chi connectivity index (χ4v) is 2.28. The summed E-state index contributed by atoms with van der Waals surface area (Å²) in [6.45, 7) is 2.00. The number of carbonyl (C=O) groups is 1. The Morgan fingerprint density at radius 3 is 2.56 bits per heavy atom. The summed E-state index contributed by atoms with van der Waals surface area (Å²) in [5, 5.41) is 3.89. The smallest absolute Gasteiger partial charge is 0.258 e. The first-order valence-corrected chi connectivity index (χ1v) is 6.68.